The lowest BCUT2D eigenvalue weighted by Gasteiger charge is -2.30. The first-order chi connectivity index (χ1) is 10.8. The van der Waals surface area contributed by atoms with E-state index in [0.717, 1.165) is 43.7 Å². The number of benzene rings is 2. The molecule has 22 heavy (non-hydrogen) atoms. The lowest BCUT2D eigenvalue weighted by atomic mass is 10.0. The van der Waals surface area contributed by atoms with Crippen LogP contribution in [0.25, 0.3) is 10.8 Å². The molecule has 4 nitrogen and oxygen atoms in total. The quantitative estimate of drug-likeness (QED) is 0.912. The minimum atomic E-state index is 0.0857. The van der Waals surface area contributed by atoms with E-state index in [4.69, 9.17) is 0 Å². The second-order valence-corrected chi connectivity index (χ2v) is 5.71. The van der Waals surface area contributed by atoms with Crippen molar-refractivity contribution in [2.45, 2.75) is 19.8 Å². The van der Waals surface area contributed by atoms with Crippen LogP contribution < -0.4 is 15.5 Å². The number of hydrogen-bond donors (Lipinski definition) is 2. The van der Waals surface area contributed by atoms with Gasteiger partial charge in [0.25, 0.3) is 0 Å². The Morgan fingerprint density at radius 1 is 1.14 bits per heavy atom. The third-order valence-electron chi connectivity index (χ3n) is 4.11. The van der Waals surface area contributed by atoms with E-state index < -0.39 is 0 Å². The van der Waals surface area contributed by atoms with Crippen LogP contribution in [0.15, 0.2) is 36.4 Å². The number of piperazine rings is 1. The van der Waals surface area contributed by atoms with Crippen LogP contribution in [0.4, 0.5) is 11.4 Å². The van der Waals surface area contributed by atoms with Gasteiger partial charge in [0.15, 0.2) is 0 Å². The molecule has 1 aliphatic heterocycles. The van der Waals surface area contributed by atoms with Gasteiger partial charge in [0.2, 0.25) is 5.91 Å². The van der Waals surface area contributed by atoms with Crippen molar-refractivity contribution in [1.82, 2.24) is 5.32 Å². The number of amides is 1. The fourth-order valence-corrected chi connectivity index (χ4v) is 3.01. The molecular weight excluding hydrogens is 274 g/mol. The van der Waals surface area contributed by atoms with Crippen LogP contribution in [-0.4, -0.2) is 32.1 Å². The summed E-state index contributed by atoms with van der Waals surface area (Å²) in [6.45, 7) is 6.09. The summed E-state index contributed by atoms with van der Waals surface area (Å²) in [4.78, 5) is 14.3. The summed E-state index contributed by atoms with van der Waals surface area (Å²) in [6.07, 6.45) is 1.43. The van der Waals surface area contributed by atoms with E-state index in [1.54, 1.807) is 0 Å². The van der Waals surface area contributed by atoms with Crippen LogP contribution >= 0.6 is 0 Å². The molecule has 0 aliphatic carbocycles. The summed E-state index contributed by atoms with van der Waals surface area (Å²) in [5.41, 5.74) is 2.17. The largest absolute Gasteiger partial charge is 0.368 e. The molecule has 0 spiro atoms. The second kappa shape index (κ2) is 6.79. The van der Waals surface area contributed by atoms with E-state index in [2.05, 4.69) is 39.8 Å². The molecule has 0 aromatic heterocycles. The van der Waals surface area contributed by atoms with Crippen molar-refractivity contribution in [3.05, 3.63) is 36.4 Å². The highest BCUT2D eigenvalue weighted by Crippen LogP contribution is 2.32. The third kappa shape index (κ3) is 3.07. The van der Waals surface area contributed by atoms with Gasteiger partial charge in [-0.3, -0.25) is 4.79 Å². The molecule has 0 saturated carbocycles. The molecule has 2 aromatic rings. The van der Waals surface area contributed by atoms with Crippen molar-refractivity contribution in [3.63, 3.8) is 0 Å². The Labute approximate surface area is 131 Å². The van der Waals surface area contributed by atoms with Crippen molar-refractivity contribution in [1.29, 1.82) is 0 Å². The molecule has 0 unspecified atom stereocenters. The Kier molecular flexibility index (Phi) is 4.59. The van der Waals surface area contributed by atoms with E-state index >= 15 is 0 Å². The molecule has 2 aromatic carbocycles. The van der Waals surface area contributed by atoms with E-state index in [9.17, 15) is 4.79 Å². The summed E-state index contributed by atoms with van der Waals surface area (Å²) in [7, 11) is 0. The first-order valence-corrected chi connectivity index (χ1v) is 8.07. The van der Waals surface area contributed by atoms with E-state index in [1.807, 2.05) is 19.1 Å². The second-order valence-electron chi connectivity index (χ2n) is 5.71. The zero-order valence-electron chi connectivity index (χ0n) is 13.1. The van der Waals surface area contributed by atoms with Crippen molar-refractivity contribution in [3.8, 4) is 0 Å². The number of nitrogens with one attached hydrogen (secondary N) is 2. The summed E-state index contributed by atoms with van der Waals surface area (Å²) in [6, 6.07) is 12.5. The smallest absolute Gasteiger partial charge is 0.224 e. The van der Waals surface area contributed by atoms with E-state index in [1.165, 1.54) is 11.1 Å². The average molecular weight is 297 g/mol. The first-order valence-electron chi connectivity index (χ1n) is 8.07. The average Bonchev–Trinajstić information content (AvgIpc) is 2.56. The summed E-state index contributed by atoms with van der Waals surface area (Å²) in [5, 5.41) is 8.75. The van der Waals surface area contributed by atoms with Crippen molar-refractivity contribution >= 4 is 28.1 Å². The van der Waals surface area contributed by atoms with Gasteiger partial charge in [-0.05, 0) is 18.6 Å². The van der Waals surface area contributed by atoms with Gasteiger partial charge in [-0.1, -0.05) is 31.2 Å². The third-order valence-corrected chi connectivity index (χ3v) is 4.11. The predicted molar refractivity (Wildman–Crippen MR) is 92.6 cm³/mol. The Morgan fingerprint density at radius 3 is 2.59 bits per heavy atom. The highest BCUT2D eigenvalue weighted by molar-refractivity contribution is 6.06. The van der Waals surface area contributed by atoms with Gasteiger partial charge < -0.3 is 15.5 Å². The number of anilines is 2. The normalized spacial score (nSPS) is 15.0. The zero-order valence-corrected chi connectivity index (χ0v) is 13.1. The molecule has 2 N–H and O–H groups in total. The standard InChI is InChI=1S/C18H23N3O/c1-2-5-18(22)20-16-8-9-17(21-12-10-19-11-13-21)15-7-4-3-6-14(15)16/h3-4,6-9,19H,2,5,10-13H2,1H3,(H,20,22). The number of nitrogens with zero attached hydrogens (tertiary/aromatic N) is 1. The number of fused-ring (bicyclic) bond motifs is 1. The summed E-state index contributed by atoms with van der Waals surface area (Å²) >= 11 is 0. The lowest BCUT2D eigenvalue weighted by Crippen LogP contribution is -2.43. The molecule has 1 aliphatic rings. The minimum Gasteiger partial charge on any atom is -0.368 e. The van der Waals surface area contributed by atoms with Crippen LogP contribution in [0.1, 0.15) is 19.8 Å². The van der Waals surface area contributed by atoms with Crippen molar-refractivity contribution in [2.24, 2.45) is 0 Å². The number of carbonyl (C=O) groups is 1. The lowest BCUT2D eigenvalue weighted by molar-refractivity contribution is -0.116. The summed E-state index contributed by atoms with van der Waals surface area (Å²) in [5.74, 6) is 0.0857. The predicted octanol–water partition coefficient (Wildman–Crippen LogP) is 2.99. The zero-order chi connectivity index (χ0) is 15.4. The molecule has 1 amide bonds. The molecule has 4 heteroatoms. The number of rotatable bonds is 4. The van der Waals surface area contributed by atoms with Gasteiger partial charge in [-0.2, -0.15) is 0 Å². The van der Waals surface area contributed by atoms with Gasteiger partial charge in [0, 0.05) is 54.7 Å². The molecule has 1 fully saturated rings. The van der Waals surface area contributed by atoms with Crippen LogP contribution in [0.5, 0.6) is 0 Å². The SMILES string of the molecule is CCCC(=O)Nc1ccc(N2CCNCC2)c2ccccc12. The molecule has 1 saturated heterocycles. The highest BCUT2D eigenvalue weighted by Gasteiger charge is 2.15. The first kappa shape index (κ1) is 14.9. The minimum absolute atomic E-state index is 0.0857. The maximum Gasteiger partial charge on any atom is 0.224 e. The molecule has 0 bridgehead atoms. The topological polar surface area (TPSA) is 44.4 Å². The molecule has 0 radical (unpaired) electrons. The van der Waals surface area contributed by atoms with Crippen LogP contribution in [0.3, 0.4) is 0 Å². The number of carbonyl (C=O) groups excluding carboxylic acids is 1. The van der Waals surface area contributed by atoms with Gasteiger partial charge in [-0.15, -0.1) is 0 Å². The van der Waals surface area contributed by atoms with Gasteiger partial charge >= 0.3 is 0 Å². The molecule has 0 atom stereocenters. The Hall–Kier alpha value is -2.07. The maximum absolute atomic E-state index is 11.9. The Bertz CT molecular complexity index is 662. The summed E-state index contributed by atoms with van der Waals surface area (Å²) < 4.78 is 0. The highest BCUT2D eigenvalue weighted by atomic mass is 16.1. The van der Waals surface area contributed by atoms with Crippen LogP contribution in [0.2, 0.25) is 0 Å². The van der Waals surface area contributed by atoms with Crippen molar-refractivity contribution < 1.29 is 4.79 Å². The fourth-order valence-electron chi connectivity index (χ4n) is 3.01. The number of hydrogen-bond acceptors (Lipinski definition) is 3. The maximum atomic E-state index is 11.9. The van der Waals surface area contributed by atoms with Gasteiger partial charge in [-0.25, -0.2) is 0 Å². The Morgan fingerprint density at radius 2 is 1.86 bits per heavy atom. The van der Waals surface area contributed by atoms with Crippen LogP contribution in [-0.2, 0) is 4.79 Å². The van der Waals surface area contributed by atoms with E-state index in [-0.39, 0.29) is 5.91 Å². The molecule has 116 valence electrons. The fraction of sp³-hybridized carbons (Fsp3) is 0.389. The van der Waals surface area contributed by atoms with Crippen LogP contribution in [0, 0.1) is 0 Å². The van der Waals surface area contributed by atoms with Gasteiger partial charge in [0.1, 0.15) is 0 Å². The monoisotopic (exact) mass is 297 g/mol. The van der Waals surface area contributed by atoms with Crippen molar-refractivity contribution in [2.75, 3.05) is 36.4 Å². The van der Waals surface area contributed by atoms with Gasteiger partial charge in [0.05, 0.1) is 0 Å². The Balaban J connectivity index is 1.97. The van der Waals surface area contributed by atoms with E-state index in [0.29, 0.717) is 6.42 Å². The molecule has 3 rings (SSSR count). The molecule has 1 heterocycles. The molecular formula is C18H23N3O.